The zero-order valence-electron chi connectivity index (χ0n) is 17.8. The molecule has 3 rings (SSSR count). The predicted octanol–water partition coefficient (Wildman–Crippen LogP) is 4.16. The van der Waals surface area contributed by atoms with Gasteiger partial charge in [-0.15, -0.1) is 0 Å². The fourth-order valence-corrected chi connectivity index (χ4v) is 3.98. The van der Waals surface area contributed by atoms with Gasteiger partial charge >= 0.3 is 0 Å². The number of methoxy groups -OCH3 is 1. The van der Waals surface area contributed by atoms with Crippen molar-refractivity contribution in [3.05, 3.63) is 59.4 Å². The Morgan fingerprint density at radius 2 is 1.90 bits per heavy atom. The Hall–Kier alpha value is -2.73. The summed E-state index contributed by atoms with van der Waals surface area (Å²) in [7, 11) is 3.38. The van der Waals surface area contributed by atoms with E-state index in [-0.39, 0.29) is 29.7 Å². The molecule has 2 aromatic rings. The summed E-state index contributed by atoms with van der Waals surface area (Å²) in [5.74, 6) is -0.329. The smallest absolute Gasteiger partial charge is 0.253 e. The molecule has 0 spiro atoms. The van der Waals surface area contributed by atoms with E-state index in [4.69, 9.17) is 4.74 Å². The van der Waals surface area contributed by atoms with Gasteiger partial charge in [0, 0.05) is 43.8 Å². The first-order valence-corrected chi connectivity index (χ1v) is 10.4. The number of carbonyl (C=O) groups is 2. The van der Waals surface area contributed by atoms with E-state index in [9.17, 15) is 14.0 Å². The zero-order chi connectivity index (χ0) is 21.7. The second-order valence-electron chi connectivity index (χ2n) is 7.83. The second-order valence-corrected chi connectivity index (χ2v) is 7.83. The van der Waals surface area contributed by atoms with Gasteiger partial charge in [-0.25, -0.2) is 4.39 Å². The van der Waals surface area contributed by atoms with Gasteiger partial charge in [0.1, 0.15) is 5.82 Å². The molecule has 1 aliphatic carbocycles. The van der Waals surface area contributed by atoms with Crippen LogP contribution in [0.1, 0.15) is 48.5 Å². The summed E-state index contributed by atoms with van der Waals surface area (Å²) in [6.07, 6.45) is 2.99. The molecule has 0 aliphatic heterocycles. The van der Waals surface area contributed by atoms with Gasteiger partial charge in [-0.05, 0) is 48.6 Å². The molecule has 2 atom stereocenters. The minimum Gasteiger partial charge on any atom is -0.380 e. The molecular formula is C24H29FN2O3. The molecule has 2 amide bonds. The maximum absolute atomic E-state index is 14.4. The minimum atomic E-state index is -0.313. The lowest BCUT2D eigenvalue weighted by molar-refractivity contribution is -0.121. The molecule has 0 unspecified atom stereocenters. The molecule has 2 aromatic carbocycles. The fraction of sp³-hybridized carbons (Fsp3) is 0.417. The van der Waals surface area contributed by atoms with E-state index >= 15 is 0 Å². The SMILES string of the molecule is CCC(=O)N[C@H]1CC[C@@H](N(C)C(=O)c2ccc(-c3ccc(COC)cc3F)cc2)C1. The molecule has 30 heavy (non-hydrogen) atoms. The largest absolute Gasteiger partial charge is 0.380 e. The van der Waals surface area contributed by atoms with E-state index in [1.807, 2.05) is 13.0 Å². The number of rotatable bonds is 7. The van der Waals surface area contributed by atoms with Gasteiger partial charge < -0.3 is 15.0 Å². The van der Waals surface area contributed by atoms with E-state index < -0.39 is 0 Å². The number of halogens is 1. The van der Waals surface area contributed by atoms with Gasteiger partial charge in [0.2, 0.25) is 5.91 Å². The van der Waals surface area contributed by atoms with Crippen molar-refractivity contribution in [2.24, 2.45) is 0 Å². The third-order valence-corrected chi connectivity index (χ3v) is 5.75. The first-order valence-electron chi connectivity index (χ1n) is 10.4. The number of nitrogens with one attached hydrogen (secondary N) is 1. The average Bonchev–Trinajstić information content (AvgIpc) is 3.21. The van der Waals surface area contributed by atoms with E-state index in [1.165, 1.54) is 6.07 Å². The van der Waals surface area contributed by atoms with Crippen LogP contribution < -0.4 is 5.32 Å². The summed E-state index contributed by atoms with van der Waals surface area (Å²) < 4.78 is 19.5. The summed E-state index contributed by atoms with van der Waals surface area (Å²) in [5, 5.41) is 3.01. The van der Waals surface area contributed by atoms with Crippen LogP contribution in [0.2, 0.25) is 0 Å². The Morgan fingerprint density at radius 1 is 1.17 bits per heavy atom. The number of ether oxygens (including phenoxy) is 1. The molecule has 6 heteroatoms. The highest BCUT2D eigenvalue weighted by molar-refractivity contribution is 5.94. The minimum absolute atomic E-state index is 0.0488. The van der Waals surface area contributed by atoms with E-state index in [0.29, 0.717) is 24.2 Å². The third-order valence-electron chi connectivity index (χ3n) is 5.75. The van der Waals surface area contributed by atoms with Gasteiger partial charge in [-0.2, -0.15) is 0 Å². The lowest BCUT2D eigenvalue weighted by Crippen LogP contribution is -2.38. The Labute approximate surface area is 177 Å². The highest BCUT2D eigenvalue weighted by Crippen LogP contribution is 2.27. The van der Waals surface area contributed by atoms with Crippen LogP contribution in [-0.2, 0) is 16.1 Å². The molecule has 1 fully saturated rings. The van der Waals surface area contributed by atoms with Crippen molar-refractivity contribution in [2.75, 3.05) is 14.2 Å². The van der Waals surface area contributed by atoms with Crippen LogP contribution in [0.5, 0.6) is 0 Å². The fourth-order valence-electron chi connectivity index (χ4n) is 3.98. The molecule has 0 bridgehead atoms. The molecule has 0 saturated heterocycles. The maximum atomic E-state index is 14.4. The van der Waals surface area contributed by atoms with Crippen molar-refractivity contribution >= 4 is 11.8 Å². The third kappa shape index (κ3) is 5.05. The average molecular weight is 413 g/mol. The monoisotopic (exact) mass is 412 g/mol. The molecule has 0 heterocycles. The second kappa shape index (κ2) is 9.85. The summed E-state index contributed by atoms with van der Waals surface area (Å²) in [6, 6.07) is 12.3. The maximum Gasteiger partial charge on any atom is 0.253 e. The van der Waals surface area contributed by atoms with Gasteiger partial charge in [-0.3, -0.25) is 9.59 Å². The molecule has 0 radical (unpaired) electrons. The number of hydrogen-bond acceptors (Lipinski definition) is 3. The van der Waals surface area contributed by atoms with Gasteiger partial charge in [0.25, 0.3) is 5.91 Å². The van der Waals surface area contributed by atoms with E-state index in [0.717, 1.165) is 30.4 Å². The lowest BCUT2D eigenvalue weighted by atomic mass is 10.0. The summed E-state index contributed by atoms with van der Waals surface area (Å²) >= 11 is 0. The van der Waals surface area contributed by atoms with Crippen molar-refractivity contribution in [1.82, 2.24) is 10.2 Å². The van der Waals surface area contributed by atoms with Gasteiger partial charge in [0.05, 0.1) is 6.61 Å². The van der Waals surface area contributed by atoms with Gasteiger partial charge in [-0.1, -0.05) is 31.2 Å². The molecular weight excluding hydrogens is 383 g/mol. The van der Waals surface area contributed by atoms with Crippen molar-refractivity contribution in [1.29, 1.82) is 0 Å². The Balaban J connectivity index is 1.66. The van der Waals surface area contributed by atoms with E-state index in [2.05, 4.69) is 5.32 Å². The number of nitrogens with zero attached hydrogens (tertiary/aromatic N) is 1. The van der Waals surface area contributed by atoms with Crippen LogP contribution in [0, 0.1) is 5.82 Å². The van der Waals surface area contributed by atoms with Crippen LogP contribution in [0.4, 0.5) is 4.39 Å². The Bertz CT molecular complexity index is 898. The molecule has 1 saturated carbocycles. The number of carbonyl (C=O) groups excluding carboxylic acids is 2. The normalized spacial score (nSPS) is 18.3. The summed E-state index contributed by atoms with van der Waals surface area (Å²) in [5.41, 5.74) is 2.56. The van der Waals surface area contributed by atoms with Crippen molar-refractivity contribution in [2.45, 2.75) is 51.3 Å². The summed E-state index contributed by atoms with van der Waals surface area (Å²) in [6.45, 7) is 2.20. The first-order chi connectivity index (χ1) is 14.4. The molecule has 5 nitrogen and oxygen atoms in total. The van der Waals surface area contributed by atoms with Crippen LogP contribution in [0.3, 0.4) is 0 Å². The van der Waals surface area contributed by atoms with Crippen LogP contribution in [0.25, 0.3) is 11.1 Å². The summed E-state index contributed by atoms with van der Waals surface area (Å²) in [4.78, 5) is 26.3. The van der Waals surface area contributed by atoms with Crippen LogP contribution in [0.15, 0.2) is 42.5 Å². The van der Waals surface area contributed by atoms with Crippen LogP contribution in [-0.4, -0.2) is 43.0 Å². The number of hydrogen-bond donors (Lipinski definition) is 1. The molecule has 160 valence electrons. The Kier molecular flexibility index (Phi) is 7.21. The highest BCUT2D eigenvalue weighted by atomic mass is 19.1. The molecule has 0 aromatic heterocycles. The molecule has 1 N–H and O–H groups in total. The number of amides is 2. The van der Waals surface area contributed by atoms with Crippen LogP contribution >= 0.6 is 0 Å². The standard InChI is InChI=1S/C24H29FN2O3/c1-4-23(28)26-19-10-11-20(14-19)27(2)24(29)18-8-6-17(7-9-18)21-12-5-16(15-30-3)13-22(21)25/h5-9,12-13,19-20H,4,10-11,14-15H2,1-3H3,(H,26,28)/t19-,20+/m0/s1. The zero-order valence-corrected chi connectivity index (χ0v) is 17.8. The predicted molar refractivity (Wildman–Crippen MR) is 115 cm³/mol. The first kappa shape index (κ1) is 22.0. The molecule has 1 aliphatic rings. The topological polar surface area (TPSA) is 58.6 Å². The quantitative estimate of drug-likeness (QED) is 0.743. The van der Waals surface area contributed by atoms with Crippen molar-refractivity contribution in [3.63, 3.8) is 0 Å². The Morgan fingerprint density at radius 3 is 2.53 bits per heavy atom. The highest BCUT2D eigenvalue weighted by Gasteiger charge is 2.30. The number of benzene rings is 2. The lowest BCUT2D eigenvalue weighted by Gasteiger charge is -2.25. The van der Waals surface area contributed by atoms with E-state index in [1.54, 1.807) is 49.4 Å². The van der Waals surface area contributed by atoms with Crippen molar-refractivity contribution < 1.29 is 18.7 Å². The van der Waals surface area contributed by atoms with Crippen molar-refractivity contribution in [3.8, 4) is 11.1 Å². The van der Waals surface area contributed by atoms with Gasteiger partial charge in [0.15, 0.2) is 0 Å².